The number of hydrogen-bond donors (Lipinski definition) is 1. The summed E-state index contributed by atoms with van der Waals surface area (Å²) in [6, 6.07) is 3.52. The molecule has 0 aromatic carbocycles. The quantitative estimate of drug-likeness (QED) is 0.478. The second-order valence-electron chi connectivity index (χ2n) is 8.26. The molecule has 4 heterocycles. The molecular formula is C23H29N5O4S. The normalized spacial score (nSPS) is 14.6. The van der Waals surface area contributed by atoms with Crippen LogP contribution >= 0.6 is 11.3 Å². The van der Waals surface area contributed by atoms with Crippen LogP contribution in [-0.2, 0) is 16.1 Å². The van der Waals surface area contributed by atoms with Crippen LogP contribution < -0.4 is 15.6 Å². The molecule has 0 unspecified atom stereocenters. The molecule has 10 heteroatoms. The Labute approximate surface area is 196 Å². The summed E-state index contributed by atoms with van der Waals surface area (Å²) in [5, 5.41) is 6.97. The van der Waals surface area contributed by atoms with Gasteiger partial charge in [0.2, 0.25) is 5.91 Å². The zero-order chi connectivity index (χ0) is 23.2. The molecule has 176 valence electrons. The van der Waals surface area contributed by atoms with Gasteiger partial charge in [-0.3, -0.25) is 19.1 Å². The van der Waals surface area contributed by atoms with Gasteiger partial charge < -0.3 is 14.8 Å². The van der Waals surface area contributed by atoms with Gasteiger partial charge in [-0.1, -0.05) is 0 Å². The first-order valence-corrected chi connectivity index (χ1v) is 12.1. The third-order valence-corrected chi connectivity index (χ3v) is 5.99. The zero-order valence-corrected chi connectivity index (χ0v) is 19.8. The minimum Gasteiger partial charge on any atom is -0.492 e. The van der Waals surface area contributed by atoms with Gasteiger partial charge in [-0.2, -0.15) is 11.3 Å². The van der Waals surface area contributed by atoms with Crippen molar-refractivity contribution in [1.29, 1.82) is 0 Å². The van der Waals surface area contributed by atoms with Crippen LogP contribution in [0.15, 0.2) is 33.9 Å². The summed E-state index contributed by atoms with van der Waals surface area (Å²) in [4.78, 5) is 37.2. The van der Waals surface area contributed by atoms with E-state index in [-0.39, 0.29) is 24.1 Å². The maximum absolute atomic E-state index is 13.4. The number of nitrogens with zero attached hydrogens (tertiary/aromatic N) is 4. The Bertz CT molecular complexity index is 1140. The lowest BCUT2D eigenvalue weighted by molar-refractivity contribution is -0.122. The second-order valence-corrected chi connectivity index (χ2v) is 9.04. The van der Waals surface area contributed by atoms with E-state index in [0.29, 0.717) is 29.2 Å². The first-order chi connectivity index (χ1) is 16.0. The zero-order valence-electron chi connectivity index (χ0n) is 19.0. The highest BCUT2D eigenvalue weighted by molar-refractivity contribution is 7.08. The Balaban J connectivity index is 1.55. The van der Waals surface area contributed by atoms with Gasteiger partial charge in [0.1, 0.15) is 18.1 Å². The van der Waals surface area contributed by atoms with E-state index in [1.54, 1.807) is 12.3 Å². The summed E-state index contributed by atoms with van der Waals surface area (Å²) in [6.07, 6.45) is 2.46. The molecule has 1 N–H and O–H groups in total. The van der Waals surface area contributed by atoms with Crippen molar-refractivity contribution in [2.75, 3.05) is 39.5 Å². The van der Waals surface area contributed by atoms with Crippen molar-refractivity contribution in [2.24, 2.45) is 0 Å². The number of thiophene rings is 1. The van der Waals surface area contributed by atoms with Gasteiger partial charge in [0.15, 0.2) is 5.65 Å². The standard InChI is InChI=1S/C23H29N5O4S/c1-16(2)25-20(29)14-28-22(17-4-11-33-15-17)26-21-19(23(28)30)12-18(13-24-21)32-8-3-5-27-6-9-31-10-7-27/h4,11-13,15-16H,3,5-10,14H2,1-2H3,(H,25,29). The molecule has 0 aliphatic carbocycles. The fraction of sp³-hybridized carbons (Fsp3) is 0.478. The topological polar surface area (TPSA) is 98.6 Å². The molecule has 0 atom stereocenters. The van der Waals surface area contributed by atoms with Crippen LogP contribution in [0.5, 0.6) is 5.75 Å². The van der Waals surface area contributed by atoms with Crippen molar-refractivity contribution >= 4 is 28.3 Å². The maximum Gasteiger partial charge on any atom is 0.263 e. The molecule has 1 saturated heterocycles. The highest BCUT2D eigenvalue weighted by atomic mass is 32.1. The van der Waals surface area contributed by atoms with Gasteiger partial charge in [-0.15, -0.1) is 0 Å². The van der Waals surface area contributed by atoms with Crippen molar-refractivity contribution < 1.29 is 14.3 Å². The number of ether oxygens (including phenoxy) is 2. The number of rotatable bonds is 9. The van der Waals surface area contributed by atoms with Crippen molar-refractivity contribution in [3.63, 3.8) is 0 Å². The summed E-state index contributed by atoms with van der Waals surface area (Å²) in [7, 11) is 0. The van der Waals surface area contributed by atoms with E-state index in [1.165, 1.54) is 15.9 Å². The number of amides is 1. The van der Waals surface area contributed by atoms with E-state index in [9.17, 15) is 9.59 Å². The van der Waals surface area contributed by atoms with E-state index in [0.717, 1.165) is 44.8 Å². The van der Waals surface area contributed by atoms with Gasteiger partial charge in [0.25, 0.3) is 5.56 Å². The fourth-order valence-electron chi connectivity index (χ4n) is 3.74. The van der Waals surface area contributed by atoms with Crippen LogP contribution in [0.2, 0.25) is 0 Å². The van der Waals surface area contributed by atoms with E-state index in [4.69, 9.17) is 9.47 Å². The molecule has 0 spiro atoms. The third-order valence-electron chi connectivity index (χ3n) is 5.31. The molecule has 1 amide bonds. The molecule has 0 radical (unpaired) electrons. The molecule has 1 aliphatic heterocycles. The molecule has 4 rings (SSSR count). The molecule has 1 aliphatic rings. The van der Waals surface area contributed by atoms with Crippen LogP contribution in [0.3, 0.4) is 0 Å². The molecule has 33 heavy (non-hydrogen) atoms. The molecule has 9 nitrogen and oxygen atoms in total. The van der Waals surface area contributed by atoms with Gasteiger partial charge in [-0.25, -0.2) is 9.97 Å². The van der Waals surface area contributed by atoms with E-state index < -0.39 is 0 Å². The summed E-state index contributed by atoms with van der Waals surface area (Å²) in [5.74, 6) is 0.706. The van der Waals surface area contributed by atoms with Crippen LogP contribution in [0.25, 0.3) is 22.4 Å². The third kappa shape index (κ3) is 5.95. The lowest BCUT2D eigenvalue weighted by Crippen LogP contribution is -2.37. The predicted molar refractivity (Wildman–Crippen MR) is 128 cm³/mol. The van der Waals surface area contributed by atoms with Crippen LogP contribution in [0.1, 0.15) is 20.3 Å². The molecule has 0 bridgehead atoms. The van der Waals surface area contributed by atoms with Gasteiger partial charge in [0, 0.05) is 36.6 Å². The number of carbonyl (C=O) groups excluding carboxylic acids is 1. The molecule has 3 aromatic heterocycles. The SMILES string of the molecule is CC(C)NC(=O)Cn1c(-c2ccsc2)nc2ncc(OCCCN3CCOCC3)cc2c1=O. The Morgan fingerprint density at radius 2 is 2.15 bits per heavy atom. The number of fused-ring (bicyclic) bond motifs is 1. The van der Waals surface area contributed by atoms with Crippen molar-refractivity contribution in [1.82, 2.24) is 24.8 Å². The highest BCUT2D eigenvalue weighted by Gasteiger charge is 2.18. The van der Waals surface area contributed by atoms with E-state index in [1.807, 2.05) is 30.7 Å². The van der Waals surface area contributed by atoms with Gasteiger partial charge in [0.05, 0.1) is 31.4 Å². The Kier molecular flexibility index (Phi) is 7.69. The minimum atomic E-state index is -0.314. The average molecular weight is 472 g/mol. The maximum atomic E-state index is 13.4. The van der Waals surface area contributed by atoms with Crippen molar-refractivity contribution in [3.05, 3.63) is 39.4 Å². The summed E-state index contributed by atoms with van der Waals surface area (Å²) >= 11 is 1.50. The lowest BCUT2D eigenvalue weighted by Gasteiger charge is -2.26. The van der Waals surface area contributed by atoms with E-state index in [2.05, 4.69) is 20.2 Å². The van der Waals surface area contributed by atoms with Gasteiger partial charge in [-0.05, 0) is 37.8 Å². The van der Waals surface area contributed by atoms with Crippen molar-refractivity contribution in [2.45, 2.75) is 32.9 Å². The predicted octanol–water partition coefficient (Wildman–Crippen LogP) is 2.15. The Morgan fingerprint density at radius 3 is 2.88 bits per heavy atom. The number of carbonyl (C=O) groups is 1. The first kappa shape index (κ1) is 23.3. The molecule has 0 saturated carbocycles. The smallest absolute Gasteiger partial charge is 0.263 e. The van der Waals surface area contributed by atoms with Crippen LogP contribution in [0.4, 0.5) is 0 Å². The molecule has 3 aromatic rings. The van der Waals surface area contributed by atoms with Crippen molar-refractivity contribution in [3.8, 4) is 17.1 Å². The number of pyridine rings is 1. The summed E-state index contributed by atoms with van der Waals surface area (Å²) in [5.41, 5.74) is 0.801. The van der Waals surface area contributed by atoms with Crippen LogP contribution in [-0.4, -0.2) is 70.8 Å². The lowest BCUT2D eigenvalue weighted by atomic mass is 10.2. The average Bonchev–Trinajstić information content (AvgIpc) is 3.34. The molecular weight excluding hydrogens is 442 g/mol. The minimum absolute atomic E-state index is 0.0228. The monoisotopic (exact) mass is 471 g/mol. The number of nitrogens with one attached hydrogen (secondary N) is 1. The number of aromatic nitrogens is 3. The van der Waals surface area contributed by atoms with Gasteiger partial charge >= 0.3 is 0 Å². The Hall–Kier alpha value is -2.82. The largest absolute Gasteiger partial charge is 0.492 e. The Morgan fingerprint density at radius 1 is 1.33 bits per heavy atom. The summed E-state index contributed by atoms with van der Waals surface area (Å²) < 4.78 is 12.6. The summed E-state index contributed by atoms with van der Waals surface area (Å²) in [6.45, 7) is 8.55. The fourth-order valence-corrected chi connectivity index (χ4v) is 4.37. The first-order valence-electron chi connectivity index (χ1n) is 11.2. The van der Waals surface area contributed by atoms with Crippen LogP contribution in [0, 0.1) is 0 Å². The molecule has 1 fully saturated rings. The second kappa shape index (κ2) is 10.9. The van der Waals surface area contributed by atoms with E-state index >= 15 is 0 Å². The number of hydrogen-bond acceptors (Lipinski definition) is 8. The highest BCUT2D eigenvalue weighted by Crippen LogP contribution is 2.22. The number of morpholine rings is 1.